The molecule has 1 amide bonds. The van der Waals surface area contributed by atoms with E-state index in [0.29, 0.717) is 12.8 Å². The summed E-state index contributed by atoms with van der Waals surface area (Å²) in [5, 5.41) is 14.6. The van der Waals surface area contributed by atoms with Gasteiger partial charge in [-0.1, -0.05) is 6.07 Å². The van der Waals surface area contributed by atoms with Crippen LogP contribution in [0.2, 0.25) is 0 Å². The number of carbonyl (C=O) groups is 2. The van der Waals surface area contributed by atoms with Crippen molar-refractivity contribution in [3.63, 3.8) is 0 Å². The normalized spacial score (nSPS) is 16.1. The Hall–Kier alpha value is -1.95. The predicted molar refractivity (Wildman–Crippen MR) is 67.6 cm³/mol. The molecule has 1 saturated heterocycles. The molecule has 0 unspecified atom stereocenters. The molecule has 1 aromatic rings. The molecule has 6 heteroatoms. The van der Waals surface area contributed by atoms with Crippen LogP contribution in [0.1, 0.15) is 23.2 Å². The maximum Gasteiger partial charge on any atom is 0.340 e. The fourth-order valence-electron chi connectivity index (χ4n) is 2.16. The number of benzene rings is 1. The molecule has 0 saturated carbocycles. The summed E-state index contributed by atoms with van der Waals surface area (Å²) in [4.78, 5) is 23.0. The Kier molecular flexibility index (Phi) is 4.11. The van der Waals surface area contributed by atoms with Gasteiger partial charge in [0.25, 0.3) is 0 Å². The SMILES string of the molecule is O=C(O)c1c(F)cccc1NC(=O)C1CCNCC1. The highest BCUT2D eigenvalue weighted by Gasteiger charge is 2.23. The highest BCUT2D eigenvalue weighted by Crippen LogP contribution is 2.21. The highest BCUT2D eigenvalue weighted by molar-refractivity contribution is 6.01. The van der Waals surface area contributed by atoms with Crippen molar-refractivity contribution in [2.24, 2.45) is 5.92 Å². The van der Waals surface area contributed by atoms with E-state index < -0.39 is 17.3 Å². The molecule has 0 bridgehead atoms. The lowest BCUT2D eigenvalue weighted by Gasteiger charge is -2.22. The van der Waals surface area contributed by atoms with Crippen molar-refractivity contribution < 1.29 is 19.1 Å². The number of carboxylic acids is 1. The van der Waals surface area contributed by atoms with E-state index >= 15 is 0 Å². The summed E-state index contributed by atoms with van der Waals surface area (Å²) >= 11 is 0. The van der Waals surface area contributed by atoms with Gasteiger partial charge in [0.2, 0.25) is 5.91 Å². The second-order valence-corrected chi connectivity index (χ2v) is 4.48. The molecule has 102 valence electrons. The molecule has 19 heavy (non-hydrogen) atoms. The lowest BCUT2D eigenvalue weighted by Crippen LogP contribution is -2.34. The lowest BCUT2D eigenvalue weighted by atomic mass is 9.97. The van der Waals surface area contributed by atoms with Crippen molar-refractivity contribution in [3.8, 4) is 0 Å². The van der Waals surface area contributed by atoms with E-state index in [-0.39, 0.29) is 17.5 Å². The predicted octanol–water partition coefficient (Wildman–Crippen LogP) is 1.46. The minimum absolute atomic E-state index is 0.0102. The Balaban J connectivity index is 2.16. The maximum absolute atomic E-state index is 13.5. The zero-order chi connectivity index (χ0) is 13.8. The Bertz CT molecular complexity index is 499. The second-order valence-electron chi connectivity index (χ2n) is 4.48. The summed E-state index contributed by atoms with van der Waals surface area (Å²) < 4.78 is 13.5. The number of carboxylic acid groups (broad SMARTS) is 1. The van der Waals surface area contributed by atoms with Crippen LogP contribution in [0.3, 0.4) is 0 Å². The lowest BCUT2D eigenvalue weighted by molar-refractivity contribution is -0.120. The summed E-state index contributed by atoms with van der Waals surface area (Å²) in [6.45, 7) is 1.51. The molecule has 1 heterocycles. The van der Waals surface area contributed by atoms with Crippen LogP contribution in [0.25, 0.3) is 0 Å². The molecule has 0 aliphatic carbocycles. The molecule has 1 fully saturated rings. The molecule has 0 spiro atoms. The van der Waals surface area contributed by atoms with E-state index in [1.165, 1.54) is 12.1 Å². The van der Waals surface area contributed by atoms with Gasteiger partial charge in [-0.25, -0.2) is 9.18 Å². The first-order chi connectivity index (χ1) is 9.09. The molecule has 0 aromatic heterocycles. The number of carbonyl (C=O) groups excluding carboxylic acids is 1. The number of hydrogen-bond acceptors (Lipinski definition) is 3. The zero-order valence-electron chi connectivity index (χ0n) is 10.3. The molecule has 5 nitrogen and oxygen atoms in total. The van der Waals surface area contributed by atoms with E-state index in [1.807, 2.05) is 0 Å². The first kappa shape index (κ1) is 13.5. The minimum Gasteiger partial charge on any atom is -0.478 e. The molecule has 1 aliphatic heterocycles. The molecule has 3 N–H and O–H groups in total. The van der Waals surface area contributed by atoms with Crippen molar-refractivity contribution in [2.75, 3.05) is 18.4 Å². The Morgan fingerprint density at radius 1 is 1.32 bits per heavy atom. The van der Waals surface area contributed by atoms with Crippen LogP contribution in [-0.2, 0) is 4.79 Å². The molecule has 2 rings (SSSR count). The summed E-state index contributed by atoms with van der Waals surface area (Å²) in [6.07, 6.45) is 1.40. The Morgan fingerprint density at radius 2 is 2.00 bits per heavy atom. The van der Waals surface area contributed by atoms with Crippen LogP contribution < -0.4 is 10.6 Å². The van der Waals surface area contributed by atoms with E-state index in [9.17, 15) is 14.0 Å². The number of rotatable bonds is 3. The Morgan fingerprint density at radius 3 is 2.63 bits per heavy atom. The van der Waals surface area contributed by atoms with E-state index in [2.05, 4.69) is 10.6 Å². The van der Waals surface area contributed by atoms with Crippen molar-refractivity contribution in [1.82, 2.24) is 5.32 Å². The van der Waals surface area contributed by atoms with Crippen LogP contribution in [0, 0.1) is 11.7 Å². The first-order valence-electron chi connectivity index (χ1n) is 6.13. The number of aromatic carboxylic acids is 1. The fraction of sp³-hybridized carbons (Fsp3) is 0.385. The third-order valence-corrected chi connectivity index (χ3v) is 3.20. The number of halogens is 1. The van der Waals surface area contributed by atoms with E-state index in [0.717, 1.165) is 19.2 Å². The summed E-state index contributed by atoms with van der Waals surface area (Å²) in [5.74, 6) is -2.66. The van der Waals surface area contributed by atoms with E-state index in [4.69, 9.17) is 5.11 Å². The zero-order valence-corrected chi connectivity index (χ0v) is 10.3. The van der Waals surface area contributed by atoms with Gasteiger partial charge in [-0.15, -0.1) is 0 Å². The smallest absolute Gasteiger partial charge is 0.340 e. The third-order valence-electron chi connectivity index (χ3n) is 3.20. The average molecular weight is 266 g/mol. The number of amides is 1. The van der Waals surface area contributed by atoms with Gasteiger partial charge in [-0.05, 0) is 38.1 Å². The summed E-state index contributed by atoms with van der Waals surface area (Å²) in [6, 6.07) is 3.83. The van der Waals surface area contributed by atoms with Crippen LogP contribution in [0.15, 0.2) is 18.2 Å². The monoisotopic (exact) mass is 266 g/mol. The minimum atomic E-state index is -1.39. The number of hydrogen-bond donors (Lipinski definition) is 3. The van der Waals surface area contributed by atoms with Gasteiger partial charge in [0.05, 0.1) is 5.69 Å². The highest BCUT2D eigenvalue weighted by atomic mass is 19.1. The molecule has 1 aromatic carbocycles. The average Bonchev–Trinajstić information content (AvgIpc) is 2.39. The van der Waals surface area contributed by atoms with Crippen LogP contribution in [-0.4, -0.2) is 30.1 Å². The van der Waals surface area contributed by atoms with E-state index in [1.54, 1.807) is 0 Å². The van der Waals surface area contributed by atoms with Gasteiger partial charge in [0, 0.05) is 5.92 Å². The molecule has 0 radical (unpaired) electrons. The van der Waals surface area contributed by atoms with Crippen molar-refractivity contribution >= 4 is 17.6 Å². The Labute approximate surface area is 109 Å². The van der Waals surface area contributed by atoms with Crippen LogP contribution in [0.4, 0.5) is 10.1 Å². The quantitative estimate of drug-likeness (QED) is 0.774. The summed E-state index contributed by atoms with van der Waals surface area (Å²) in [7, 11) is 0. The molecule has 1 aliphatic rings. The maximum atomic E-state index is 13.5. The first-order valence-corrected chi connectivity index (χ1v) is 6.13. The summed E-state index contributed by atoms with van der Waals surface area (Å²) in [5.41, 5.74) is -0.485. The molecule has 0 atom stereocenters. The van der Waals surface area contributed by atoms with Gasteiger partial charge in [0.1, 0.15) is 11.4 Å². The van der Waals surface area contributed by atoms with Gasteiger partial charge < -0.3 is 15.7 Å². The van der Waals surface area contributed by atoms with Gasteiger partial charge in [0.15, 0.2) is 0 Å². The van der Waals surface area contributed by atoms with Gasteiger partial charge >= 0.3 is 5.97 Å². The van der Waals surface area contributed by atoms with Crippen molar-refractivity contribution in [3.05, 3.63) is 29.6 Å². The molecular weight excluding hydrogens is 251 g/mol. The van der Waals surface area contributed by atoms with Crippen LogP contribution in [0.5, 0.6) is 0 Å². The largest absolute Gasteiger partial charge is 0.478 e. The van der Waals surface area contributed by atoms with Crippen molar-refractivity contribution in [1.29, 1.82) is 0 Å². The van der Waals surface area contributed by atoms with Crippen molar-refractivity contribution in [2.45, 2.75) is 12.8 Å². The number of anilines is 1. The van der Waals surface area contributed by atoms with Gasteiger partial charge in [-0.2, -0.15) is 0 Å². The topological polar surface area (TPSA) is 78.4 Å². The van der Waals surface area contributed by atoms with Crippen LogP contribution >= 0.6 is 0 Å². The standard InChI is InChI=1S/C13H15FN2O3/c14-9-2-1-3-10(11(9)13(18)19)16-12(17)8-4-6-15-7-5-8/h1-3,8,15H,4-7H2,(H,16,17)(H,18,19). The number of nitrogens with one attached hydrogen (secondary N) is 2. The number of piperidine rings is 1. The third kappa shape index (κ3) is 3.08. The second kappa shape index (κ2) is 5.79. The fourth-order valence-corrected chi connectivity index (χ4v) is 2.16. The van der Waals surface area contributed by atoms with Gasteiger partial charge in [-0.3, -0.25) is 4.79 Å². The molecular formula is C13H15FN2O3.